The smallest absolute Gasteiger partial charge is 0.183 e. The highest BCUT2D eigenvalue weighted by molar-refractivity contribution is 5.83. The van der Waals surface area contributed by atoms with Crippen molar-refractivity contribution >= 4 is 17.0 Å². The fraction of sp³-hybridized carbons (Fsp3) is 0.688. The highest BCUT2D eigenvalue weighted by atomic mass is 16.6. The van der Waals surface area contributed by atoms with Crippen molar-refractivity contribution in [3.05, 3.63) is 12.7 Å². The highest BCUT2D eigenvalue weighted by Crippen LogP contribution is 2.32. The number of hydrogen-bond acceptors (Lipinski definition) is 10. The molecule has 0 saturated carbocycles. The van der Waals surface area contributed by atoms with Gasteiger partial charge in [0.25, 0.3) is 0 Å². The lowest BCUT2D eigenvalue weighted by atomic mass is 9.98. The third kappa shape index (κ3) is 3.88. The van der Waals surface area contributed by atoms with Gasteiger partial charge in [-0.1, -0.05) is 6.92 Å². The van der Waals surface area contributed by atoms with Crippen molar-refractivity contribution in [2.24, 2.45) is 5.92 Å². The molecule has 0 radical (unpaired) electrons. The molecule has 2 aromatic heterocycles. The Kier molecular flexibility index (Phi) is 6.19. The van der Waals surface area contributed by atoms with E-state index < -0.39 is 37.3 Å². The Morgan fingerprint density at radius 3 is 2.63 bits per heavy atom. The number of imidazole rings is 1. The second-order valence-corrected chi connectivity index (χ2v) is 6.77. The molecule has 1 fully saturated rings. The van der Waals surface area contributed by atoms with Crippen molar-refractivity contribution in [2.45, 2.75) is 44.0 Å². The molecule has 0 spiro atoms. The van der Waals surface area contributed by atoms with Gasteiger partial charge in [0.15, 0.2) is 17.7 Å². The normalized spacial score (nSPS) is 29.8. The minimum atomic E-state index is -1.50. The first-order valence-electron chi connectivity index (χ1n) is 8.80. The standard InChI is InChI=1S/C16H25N5O6/c1-8(4-22)2-3-17-14-10-15(19-6-18-14)20-7-21(10)16-13(26)12(25)11(24)9(5-23)27-16/h6-9,11-13,16,22-26H,2-5H2,1H3,(H,17,18,19)/t8?,9-,11-,12+,13-,16+/m1/s1. The van der Waals surface area contributed by atoms with E-state index in [1.54, 1.807) is 0 Å². The van der Waals surface area contributed by atoms with Gasteiger partial charge in [0.2, 0.25) is 0 Å². The number of hydrogen-bond donors (Lipinski definition) is 6. The van der Waals surface area contributed by atoms with Crippen LogP contribution in [-0.2, 0) is 4.74 Å². The van der Waals surface area contributed by atoms with Gasteiger partial charge in [0.1, 0.15) is 42.6 Å². The summed E-state index contributed by atoms with van der Waals surface area (Å²) in [5, 5.41) is 52.0. The Bertz CT molecular complexity index is 756. The highest BCUT2D eigenvalue weighted by Gasteiger charge is 2.44. The van der Waals surface area contributed by atoms with E-state index in [4.69, 9.17) is 9.84 Å². The van der Waals surface area contributed by atoms with E-state index in [0.29, 0.717) is 23.5 Å². The molecular weight excluding hydrogens is 358 g/mol. The van der Waals surface area contributed by atoms with E-state index in [2.05, 4.69) is 20.3 Å². The summed E-state index contributed by atoms with van der Waals surface area (Å²) in [4.78, 5) is 12.5. The predicted molar refractivity (Wildman–Crippen MR) is 93.7 cm³/mol. The molecule has 3 heterocycles. The summed E-state index contributed by atoms with van der Waals surface area (Å²) in [6.07, 6.45) is -3.03. The maximum absolute atomic E-state index is 10.4. The first-order chi connectivity index (χ1) is 13.0. The summed E-state index contributed by atoms with van der Waals surface area (Å²) in [6, 6.07) is 0. The lowest BCUT2D eigenvalue weighted by Crippen LogP contribution is -2.56. The molecule has 1 aliphatic heterocycles. The average Bonchev–Trinajstić information content (AvgIpc) is 3.11. The van der Waals surface area contributed by atoms with Crippen LogP contribution >= 0.6 is 0 Å². The van der Waals surface area contributed by atoms with Crippen LogP contribution in [0.1, 0.15) is 19.6 Å². The van der Waals surface area contributed by atoms with Crippen molar-refractivity contribution in [2.75, 3.05) is 25.1 Å². The third-order valence-electron chi connectivity index (χ3n) is 4.75. The Hall–Kier alpha value is -1.89. The molecule has 1 saturated heterocycles. The van der Waals surface area contributed by atoms with Gasteiger partial charge in [-0.2, -0.15) is 0 Å². The molecule has 0 amide bonds. The number of ether oxygens (including phenoxy) is 1. The molecule has 6 N–H and O–H groups in total. The lowest BCUT2D eigenvalue weighted by Gasteiger charge is -2.40. The lowest BCUT2D eigenvalue weighted by molar-refractivity contribution is -0.250. The topological polar surface area (TPSA) is 166 Å². The van der Waals surface area contributed by atoms with Crippen molar-refractivity contribution < 1.29 is 30.3 Å². The zero-order valence-electron chi connectivity index (χ0n) is 14.9. The number of aliphatic hydroxyl groups excluding tert-OH is 5. The molecule has 3 rings (SSSR count). The van der Waals surface area contributed by atoms with Crippen LogP contribution in [0, 0.1) is 5.92 Å². The first kappa shape index (κ1) is 19.9. The van der Waals surface area contributed by atoms with Gasteiger partial charge in [-0.25, -0.2) is 15.0 Å². The van der Waals surface area contributed by atoms with Crippen LogP contribution in [0.25, 0.3) is 11.2 Å². The van der Waals surface area contributed by atoms with Crippen molar-refractivity contribution in [1.82, 2.24) is 19.5 Å². The SMILES string of the molecule is CC(CO)CCNc1ncnc2ncn([C@H]3O[C@H](CO)[C@@H](O)[C@H](O)[C@H]3O)c12. The summed E-state index contributed by atoms with van der Waals surface area (Å²) in [6.45, 7) is 2.04. The molecule has 6 atom stereocenters. The van der Waals surface area contributed by atoms with E-state index >= 15 is 0 Å². The van der Waals surface area contributed by atoms with Gasteiger partial charge < -0.3 is 35.6 Å². The molecule has 0 aliphatic carbocycles. The van der Waals surface area contributed by atoms with Gasteiger partial charge in [-0.05, 0) is 12.3 Å². The van der Waals surface area contributed by atoms with Crippen molar-refractivity contribution in [1.29, 1.82) is 0 Å². The quantitative estimate of drug-likeness (QED) is 0.322. The second kappa shape index (κ2) is 8.42. The van der Waals surface area contributed by atoms with Crippen LogP contribution in [0.3, 0.4) is 0 Å². The minimum Gasteiger partial charge on any atom is -0.396 e. The van der Waals surface area contributed by atoms with E-state index in [9.17, 15) is 20.4 Å². The summed E-state index contributed by atoms with van der Waals surface area (Å²) in [5.74, 6) is 0.588. The van der Waals surface area contributed by atoms with Gasteiger partial charge in [-0.15, -0.1) is 0 Å². The number of aromatic nitrogens is 4. The van der Waals surface area contributed by atoms with Gasteiger partial charge in [-0.3, -0.25) is 4.57 Å². The van der Waals surface area contributed by atoms with Crippen molar-refractivity contribution in [3.8, 4) is 0 Å². The predicted octanol–water partition coefficient (Wildman–Crippen LogP) is -1.77. The number of rotatable bonds is 7. The van der Waals surface area contributed by atoms with Crippen LogP contribution in [-0.4, -0.2) is 89.2 Å². The zero-order chi connectivity index (χ0) is 19.6. The maximum Gasteiger partial charge on any atom is 0.183 e. The molecule has 11 heteroatoms. The number of nitrogens with one attached hydrogen (secondary N) is 1. The van der Waals surface area contributed by atoms with Crippen LogP contribution < -0.4 is 5.32 Å². The fourth-order valence-electron chi connectivity index (χ4n) is 3.04. The van der Waals surface area contributed by atoms with E-state index in [1.165, 1.54) is 17.2 Å². The van der Waals surface area contributed by atoms with Crippen LogP contribution in [0.4, 0.5) is 5.82 Å². The zero-order valence-corrected chi connectivity index (χ0v) is 14.9. The summed E-state index contributed by atoms with van der Waals surface area (Å²) in [5.41, 5.74) is 0.818. The molecule has 0 bridgehead atoms. The van der Waals surface area contributed by atoms with E-state index in [0.717, 1.165) is 6.42 Å². The number of nitrogens with zero attached hydrogens (tertiary/aromatic N) is 4. The van der Waals surface area contributed by atoms with Gasteiger partial charge in [0, 0.05) is 13.2 Å². The largest absolute Gasteiger partial charge is 0.396 e. The maximum atomic E-state index is 10.4. The Morgan fingerprint density at radius 1 is 1.15 bits per heavy atom. The fourth-order valence-corrected chi connectivity index (χ4v) is 3.04. The minimum absolute atomic E-state index is 0.0870. The first-order valence-corrected chi connectivity index (χ1v) is 8.80. The molecule has 0 aromatic carbocycles. The molecular formula is C16H25N5O6. The van der Waals surface area contributed by atoms with Crippen LogP contribution in [0.5, 0.6) is 0 Å². The Balaban J connectivity index is 1.90. The average molecular weight is 383 g/mol. The second-order valence-electron chi connectivity index (χ2n) is 6.77. The number of aliphatic hydroxyl groups is 5. The van der Waals surface area contributed by atoms with Crippen LogP contribution in [0.15, 0.2) is 12.7 Å². The summed E-state index contributed by atoms with van der Waals surface area (Å²) < 4.78 is 7.06. The number of anilines is 1. The molecule has 27 heavy (non-hydrogen) atoms. The Morgan fingerprint density at radius 2 is 1.93 bits per heavy atom. The van der Waals surface area contributed by atoms with Gasteiger partial charge >= 0.3 is 0 Å². The molecule has 1 aliphatic rings. The van der Waals surface area contributed by atoms with E-state index in [-0.39, 0.29) is 12.5 Å². The summed E-state index contributed by atoms with van der Waals surface area (Å²) >= 11 is 0. The van der Waals surface area contributed by atoms with Crippen LogP contribution in [0.2, 0.25) is 0 Å². The molecule has 2 aromatic rings. The van der Waals surface area contributed by atoms with E-state index in [1.807, 2.05) is 6.92 Å². The third-order valence-corrected chi connectivity index (χ3v) is 4.75. The molecule has 11 nitrogen and oxygen atoms in total. The Labute approximate surface area is 155 Å². The number of fused-ring (bicyclic) bond motifs is 1. The monoisotopic (exact) mass is 383 g/mol. The molecule has 150 valence electrons. The van der Waals surface area contributed by atoms with Gasteiger partial charge in [0.05, 0.1) is 6.61 Å². The molecule has 1 unspecified atom stereocenters. The summed E-state index contributed by atoms with van der Waals surface area (Å²) in [7, 11) is 0. The van der Waals surface area contributed by atoms with Crippen molar-refractivity contribution in [3.63, 3.8) is 0 Å².